The van der Waals surface area contributed by atoms with Crippen LogP contribution in [0.25, 0.3) is 0 Å². The van der Waals surface area contributed by atoms with Crippen molar-refractivity contribution in [2.75, 3.05) is 10.6 Å². The summed E-state index contributed by atoms with van der Waals surface area (Å²) in [6.45, 7) is 1.88. The molecule has 0 aliphatic rings. The van der Waals surface area contributed by atoms with E-state index in [2.05, 4.69) is 26.3 Å². The summed E-state index contributed by atoms with van der Waals surface area (Å²) in [4.78, 5) is 10.9. The van der Waals surface area contributed by atoms with Gasteiger partial charge in [-0.1, -0.05) is 15.9 Å². The Kier molecular flexibility index (Phi) is 2.86. The van der Waals surface area contributed by atoms with E-state index in [4.69, 9.17) is 0 Å². The van der Waals surface area contributed by atoms with Crippen LogP contribution in [0.15, 0.2) is 6.07 Å². The highest BCUT2D eigenvalue weighted by molar-refractivity contribution is 9.09. The standard InChI is InChI=1S/C7H10BrN3O/c1-5-3-6(11(2)10-5)9-7(12)4-8/h3H,4H2,1-2H3,(H,9,12). The summed E-state index contributed by atoms with van der Waals surface area (Å²) in [6, 6.07) is 1.82. The maximum absolute atomic E-state index is 10.9. The number of amides is 1. The lowest BCUT2D eigenvalue weighted by atomic mass is 10.4. The van der Waals surface area contributed by atoms with Crippen LogP contribution in [0.5, 0.6) is 0 Å². The van der Waals surface area contributed by atoms with Crippen molar-refractivity contribution in [2.24, 2.45) is 7.05 Å². The number of anilines is 1. The second kappa shape index (κ2) is 3.71. The van der Waals surface area contributed by atoms with Gasteiger partial charge in [-0.25, -0.2) is 0 Å². The molecule has 0 aromatic carbocycles. The number of aryl methyl sites for hydroxylation is 2. The molecule has 0 saturated carbocycles. The third-order valence-electron chi connectivity index (χ3n) is 1.39. The Morgan fingerprint density at radius 2 is 2.50 bits per heavy atom. The molecular weight excluding hydrogens is 222 g/mol. The second-order valence-corrected chi connectivity index (χ2v) is 3.04. The number of hydrogen-bond acceptors (Lipinski definition) is 2. The van der Waals surface area contributed by atoms with E-state index in [0.717, 1.165) is 11.5 Å². The summed E-state index contributed by atoms with van der Waals surface area (Å²) in [5.41, 5.74) is 0.891. The quantitative estimate of drug-likeness (QED) is 0.775. The molecule has 66 valence electrons. The van der Waals surface area contributed by atoms with E-state index < -0.39 is 0 Å². The molecule has 1 amide bonds. The summed E-state index contributed by atoms with van der Waals surface area (Å²) >= 11 is 3.06. The van der Waals surface area contributed by atoms with Gasteiger partial charge in [0.2, 0.25) is 5.91 Å². The SMILES string of the molecule is Cc1cc(NC(=O)CBr)n(C)n1. The molecule has 1 aromatic heterocycles. The van der Waals surface area contributed by atoms with Crippen LogP contribution in [0.2, 0.25) is 0 Å². The van der Waals surface area contributed by atoms with Gasteiger partial charge in [0.05, 0.1) is 11.0 Å². The minimum Gasteiger partial charge on any atom is -0.310 e. The van der Waals surface area contributed by atoms with Gasteiger partial charge in [0, 0.05) is 13.1 Å². The Balaban J connectivity index is 2.75. The van der Waals surface area contributed by atoms with Crippen molar-refractivity contribution >= 4 is 27.7 Å². The first-order valence-corrected chi connectivity index (χ1v) is 4.62. The number of nitrogens with one attached hydrogen (secondary N) is 1. The minimum absolute atomic E-state index is 0.0713. The van der Waals surface area contributed by atoms with Crippen LogP contribution in [0.3, 0.4) is 0 Å². The fourth-order valence-electron chi connectivity index (χ4n) is 0.904. The number of aromatic nitrogens is 2. The van der Waals surface area contributed by atoms with E-state index in [1.807, 2.05) is 13.0 Å². The summed E-state index contributed by atoms with van der Waals surface area (Å²) in [5.74, 6) is 0.648. The predicted octanol–water partition coefficient (Wildman–Crippen LogP) is 1.06. The topological polar surface area (TPSA) is 46.9 Å². The molecule has 4 nitrogen and oxygen atoms in total. The lowest BCUT2D eigenvalue weighted by Gasteiger charge is -2.01. The van der Waals surface area contributed by atoms with Crippen molar-refractivity contribution in [1.29, 1.82) is 0 Å². The summed E-state index contributed by atoms with van der Waals surface area (Å²) in [5, 5.41) is 7.08. The average molecular weight is 232 g/mol. The number of nitrogens with zero attached hydrogens (tertiary/aromatic N) is 2. The van der Waals surface area contributed by atoms with E-state index in [1.54, 1.807) is 11.7 Å². The van der Waals surface area contributed by atoms with Crippen molar-refractivity contribution in [3.63, 3.8) is 0 Å². The Morgan fingerprint density at radius 3 is 2.92 bits per heavy atom. The summed E-state index contributed by atoms with van der Waals surface area (Å²) < 4.78 is 1.63. The van der Waals surface area contributed by atoms with Gasteiger partial charge in [-0.3, -0.25) is 9.48 Å². The molecular formula is C7H10BrN3O. The smallest absolute Gasteiger partial charge is 0.236 e. The van der Waals surface area contributed by atoms with Crippen molar-refractivity contribution in [2.45, 2.75) is 6.92 Å². The number of carbonyl (C=O) groups excluding carboxylic acids is 1. The second-order valence-electron chi connectivity index (χ2n) is 2.48. The largest absolute Gasteiger partial charge is 0.310 e. The van der Waals surface area contributed by atoms with Crippen LogP contribution in [-0.4, -0.2) is 21.0 Å². The molecule has 0 aliphatic heterocycles. The minimum atomic E-state index is -0.0713. The van der Waals surface area contributed by atoms with Gasteiger partial charge in [-0.2, -0.15) is 5.10 Å². The number of rotatable bonds is 2. The maximum Gasteiger partial charge on any atom is 0.236 e. The van der Waals surface area contributed by atoms with Crippen LogP contribution in [0.1, 0.15) is 5.69 Å². The first-order valence-electron chi connectivity index (χ1n) is 3.50. The number of hydrogen-bond donors (Lipinski definition) is 1. The van der Waals surface area contributed by atoms with Crippen molar-refractivity contribution in [1.82, 2.24) is 9.78 Å². The molecule has 1 aromatic rings. The molecule has 0 radical (unpaired) electrons. The Labute approximate surface area is 79.1 Å². The highest BCUT2D eigenvalue weighted by Crippen LogP contribution is 2.07. The number of alkyl halides is 1. The molecule has 0 bridgehead atoms. The average Bonchev–Trinajstić information content (AvgIpc) is 2.30. The summed E-state index contributed by atoms with van der Waals surface area (Å²) in [7, 11) is 1.79. The molecule has 12 heavy (non-hydrogen) atoms. The normalized spacial score (nSPS) is 9.92. The van der Waals surface area contributed by atoms with Crippen molar-refractivity contribution in [3.05, 3.63) is 11.8 Å². The molecule has 1 N–H and O–H groups in total. The summed E-state index contributed by atoms with van der Waals surface area (Å²) in [6.07, 6.45) is 0. The van der Waals surface area contributed by atoms with Gasteiger partial charge < -0.3 is 5.32 Å². The third-order valence-corrected chi connectivity index (χ3v) is 1.90. The molecule has 0 saturated heterocycles. The zero-order chi connectivity index (χ0) is 9.14. The van der Waals surface area contributed by atoms with Gasteiger partial charge >= 0.3 is 0 Å². The van der Waals surface area contributed by atoms with Gasteiger partial charge in [0.1, 0.15) is 5.82 Å². The van der Waals surface area contributed by atoms with Gasteiger partial charge in [-0.05, 0) is 6.92 Å². The van der Waals surface area contributed by atoms with Crippen LogP contribution in [-0.2, 0) is 11.8 Å². The fraction of sp³-hybridized carbons (Fsp3) is 0.429. The Hall–Kier alpha value is -0.840. The van der Waals surface area contributed by atoms with E-state index >= 15 is 0 Å². The highest BCUT2D eigenvalue weighted by atomic mass is 79.9. The molecule has 0 spiro atoms. The first-order chi connectivity index (χ1) is 5.63. The zero-order valence-corrected chi connectivity index (χ0v) is 8.55. The maximum atomic E-state index is 10.9. The van der Waals surface area contributed by atoms with E-state index in [-0.39, 0.29) is 5.91 Å². The van der Waals surface area contributed by atoms with Gasteiger partial charge in [-0.15, -0.1) is 0 Å². The molecule has 0 atom stereocenters. The molecule has 1 heterocycles. The molecule has 1 rings (SSSR count). The van der Waals surface area contributed by atoms with Gasteiger partial charge in [0.15, 0.2) is 0 Å². The number of carbonyl (C=O) groups is 1. The van der Waals surface area contributed by atoms with Crippen LogP contribution in [0, 0.1) is 6.92 Å². The van der Waals surface area contributed by atoms with Crippen LogP contribution >= 0.6 is 15.9 Å². The lowest BCUT2D eigenvalue weighted by molar-refractivity contribution is -0.113. The van der Waals surface area contributed by atoms with Crippen molar-refractivity contribution < 1.29 is 4.79 Å². The lowest BCUT2D eigenvalue weighted by Crippen LogP contribution is -2.14. The monoisotopic (exact) mass is 231 g/mol. The van der Waals surface area contributed by atoms with Gasteiger partial charge in [0.25, 0.3) is 0 Å². The fourth-order valence-corrected chi connectivity index (χ4v) is 1.04. The predicted molar refractivity (Wildman–Crippen MR) is 50.4 cm³/mol. The molecule has 5 heteroatoms. The van der Waals surface area contributed by atoms with Crippen molar-refractivity contribution in [3.8, 4) is 0 Å². The van der Waals surface area contributed by atoms with Crippen LogP contribution in [0.4, 0.5) is 5.82 Å². The molecule has 0 aliphatic carbocycles. The third kappa shape index (κ3) is 2.07. The van der Waals surface area contributed by atoms with E-state index in [9.17, 15) is 4.79 Å². The van der Waals surface area contributed by atoms with E-state index in [0.29, 0.717) is 5.33 Å². The zero-order valence-electron chi connectivity index (χ0n) is 6.97. The Bertz CT molecular complexity index is 295. The van der Waals surface area contributed by atoms with E-state index in [1.165, 1.54) is 0 Å². The first kappa shape index (κ1) is 9.25. The van der Waals surface area contributed by atoms with Crippen LogP contribution < -0.4 is 5.32 Å². The Morgan fingerprint density at radius 1 is 1.83 bits per heavy atom. The molecule has 0 unspecified atom stereocenters. The molecule has 0 fully saturated rings. The number of halogens is 1. The highest BCUT2D eigenvalue weighted by Gasteiger charge is 2.04.